The topological polar surface area (TPSA) is 64.8 Å². The average Bonchev–Trinajstić information content (AvgIpc) is 2.53. The van der Waals surface area contributed by atoms with Crippen molar-refractivity contribution in [2.45, 2.75) is 33.1 Å². The van der Waals surface area contributed by atoms with Gasteiger partial charge in [0.1, 0.15) is 13.2 Å². The zero-order valence-corrected chi connectivity index (χ0v) is 14.8. The summed E-state index contributed by atoms with van der Waals surface area (Å²) in [6.45, 7) is 10.3. The van der Waals surface area contributed by atoms with Gasteiger partial charge in [-0.05, 0) is 43.5 Å². The molecule has 1 aromatic rings. The smallest absolute Gasteiger partial charge is 0.232 e. The molecule has 2 N–H and O–H groups in total. The number of amides is 1. The normalized spacial score (nSPS) is 14.5. The maximum absolute atomic E-state index is 12.9. The van der Waals surface area contributed by atoms with Crippen LogP contribution < -0.4 is 15.2 Å². The second-order valence-electron chi connectivity index (χ2n) is 7.51. The van der Waals surface area contributed by atoms with Crippen LogP contribution in [0.15, 0.2) is 18.2 Å². The Hall–Kier alpha value is -1.75. The van der Waals surface area contributed by atoms with Crippen molar-refractivity contribution in [1.82, 2.24) is 4.90 Å². The molecule has 0 fully saturated rings. The second kappa shape index (κ2) is 6.40. The Morgan fingerprint density at radius 1 is 1.17 bits per heavy atom. The molecule has 1 heterocycles. The van der Waals surface area contributed by atoms with Gasteiger partial charge in [0.05, 0.1) is 5.41 Å². The van der Waals surface area contributed by atoms with E-state index in [-0.39, 0.29) is 11.3 Å². The molecule has 0 bridgehead atoms. The molecule has 1 amide bonds. The summed E-state index contributed by atoms with van der Waals surface area (Å²) in [6, 6.07) is 5.73. The Kier molecular flexibility index (Phi) is 4.90. The zero-order chi connectivity index (χ0) is 17.3. The fraction of sp³-hybridized carbons (Fsp3) is 0.611. The van der Waals surface area contributed by atoms with Gasteiger partial charge in [-0.15, -0.1) is 0 Å². The van der Waals surface area contributed by atoms with Crippen LogP contribution in [0.2, 0.25) is 0 Å². The molecule has 0 unspecified atom stereocenters. The van der Waals surface area contributed by atoms with Gasteiger partial charge in [-0.1, -0.05) is 19.9 Å². The van der Waals surface area contributed by atoms with Crippen molar-refractivity contribution in [2.24, 2.45) is 11.1 Å². The van der Waals surface area contributed by atoms with Crippen LogP contribution in [0, 0.1) is 5.41 Å². The molecule has 0 radical (unpaired) electrons. The van der Waals surface area contributed by atoms with Crippen molar-refractivity contribution in [3.63, 3.8) is 0 Å². The lowest BCUT2D eigenvalue weighted by Gasteiger charge is -2.35. The Morgan fingerprint density at radius 3 is 2.39 bits per heavy atom. The molecule has 0 aliphatic carbocycles. The van der Waals surface area contributed by atoms with E-state index in [1.165, 1.54) is 0 Å². The van der Waals surface area contributed by atoms with Crippen LogP contribution >= 0.6 is 0 Å². The first-order chi connectivity index (χ1) is 10.7. The maximum atomic E-state index is 12.9. The standard InChI is InChI=1S/C18H28N2O3/c1-17(2,11-19)12-20(5)16(21)18(3,4)13-6-7-14-15(10-13)23-9-8-22-14/h6-7,10H,8-9,11-12,19H2,1-5H3. The van der Waals surface area contributed by atoms with Crippen molar-refractivity contribution >= 4 is 5.91 Å². The van der Waals surface area contributed by atoms with Crippen LogP contribution in [0.25, 0.3) is 0 Å². The summed E-state index contributed by atoms with van der Waals surface area (Å²) < 4.78 is 11.2. The van der Waals surface area contributed by atoms with Crippen molar-refractivity contribution in [3.05, 3.63) is 23.8 Å². The van der Waals surface area contributed by atoms with E-state index in [1.807, 2.05) is 39.1 Å². The van der Waals surface area contributed by atoms with Crippen LogP contribution in [0.5, 0.6) is 11.5 Å². The van der Waals surface area contributed by atoms with E-state index in [4.69, 9.17) is 15.2 Å². The lowest BCUT2D eigenvalue weighted by Crippen LogP contribution is -2.46. The highest BCUT2D eigenvalue weighted by atomic mass is 16.6. The minimum atomic E-state index is -0.644. The quantitative estimate of drug-likeness (QED) is 0.903. The van der Waals surface area contributed by atoms with Gasteiger partial charge in [-0.3, -0.25) is 4.79 Å². The molecule has 2 rings (SSSR count). The monoisotopic (exact) mass is 320 g/mol. The number of likely N-dealkylation sites (N-methyl/N-ethyl adjacent to an activating group) is 1. The number of carbonyl (C=O) groups is 1. The molecular formula is C18H28N2O3. The van der Waals surface area contributed by atoms with Crippen molar-refractivity contribution in [2.75, 3.05) is 33.4 Å². The number of fused-ring (bicyclic) bond motifs is 1. The summed E-state index contributed by atoms with van der Waals surface area (Å²) in [4.78, 5) is 14.7. The lowest BCUT2D eigenvalue weighted by molar-refractivity contribution is -0.136. The number of hydrogen-bond donors (Lipinski definition) is 1. The molecule has 1 aromatic carbocycles. The molecule has 1 aliphatic heterocycles. The number of ether oxygens (including phenoxy) is 2. The third-order valence-electron chi connectivity index (χ3n) is 4.36. The molecule has 0 saturated carbocycles. The molecule has 23 heavy (non-hydrogen) atoms. The SMILES string of the molecule is CN(CC(C)(C)CN)C(=O)C(C)(C)c1ccc2c(c1)OCCO2. The first kappa shape index (κ1) is 17.6. The summed E-state index contributed by atoms with van der Waals surface area (Å²) in [7, 11) is 1.83. The molecule has 5 nitrogen and oxygen atoms in total. The minimum absolute atomic E-state index is 0.0655. The number of nitrogens with zero attached hydrogens (tertiary/aromatic N) is 1. The van der Waals surface area contributed by atoms with Gasteiger partial charge in [0, 0.05) is 13.6 Å². The van der Waals surface area contributed by atoms with Crippen molar-refractivity contribution in [1.29, 1.82) is 0 Å². The Bertz CT molecular complexity index is 582. The van der Waals surface area contributed by atoms with Crippen LogP contribution in [0.4, 0.5) is 0 Å². The fourth-order valence-corrected chi connectivity index (χ4v) is 2.81. The summed E-state index contributed by atoms with van der Waals surface area (Å²) in [5, 5.41) is 0. The summed E-state index contributed by atoms with van der Waals surface area (Å²) in [6.07, 6.45) is 0. The van der Waals surface area contributed by atoms with Gasteiger partial charge < -0.3 is 20.1 Å². The van der Waals surface area contributed by atoms with Gasteiger partial charge in [-0.2, -0.15) is 0 Å². The minimum Gasteiger partial charge on any atom is -0.486 e. The average molecular weight is 320 g/mol. The third kappa shape index (κ3) is 3.78. The molecular weight excluding hydrogens is 292 g/mol. The highest BCUT2D eigenvalue weighted by molar-refractivity contribution is 5.87. The van der Waals surface area contributed by atoms with Gasteiger partial charge >= 0.3 is 0 Å². The molecule has 5 heteroatoms. The molecule has 0 atom stereocenters. The predicted octanol–water partition coefficient (Wildman–Crippen LogP) is 2.18. The highest BCUT2D eigenvalue weighted by Gasteiger charge is 2.35. The summed E-state index contributed by atoms with van der Waals surface area (Å²) in [5.74, 6) is 1.51. The number of carbonyl (C=O) groups excluding carboxylic acids is 1. The summed E-state index contributed by atoms with van der Waals surface area (Å²) in [5.41, 5.74) is 5.96. The van der Waals surface area contributed by atoms with E-state index < -0.39 is 5.41 Å². The number of hydrogen-bond acceptors (Lipinski definition) is 4. The highest BCUT2D eigenvalue weighted by Crippen LogP contribution is 2.36. The second-order valence-corrected chi connectivity index (χ2v) is 7.51. The van der Waals surface area contributed by atoms with Crippen LogP contribution in [0.1, 0.15) is 33.3 Å². The first-order valence-corrected chi connectivity index (χ1v) is 8.03. The van der Waals surface area contributed by atoms with Crippen LogP contribution in [-0.4, -0.2) is 44.2 Å². The predicted molar refractivity (Wildman–Crippen MR) is 90.9 cm³/mol. The number of nitrogens with two attached hydrogens (primary N) is 1. The molecule has 0 saturated heterocycles. The van der Waals surface area contributed by atoms with E-state index >= 15 is 0 Å². The van der Waals surface area contributed by atoms with Gasteiger partial charge in [0.25, 0.3) is 0 Å². The third-order valence-corrected chi connectivity index (χ3v) is 4.36. The lowest BCUT2D eigenvalue weighted by atomic mass is 9.82. The van der Waals surface area contributed by atoms with Gasteiger partial charge in [0.2, 0.25) is 5.91 Å². The molecule has 1 aliphatic rings. The number of benzene rings is 1. The number of rotatable bonds is 5. The van der Waals surface area contributed by atoms with Crippen molar-refractivity contribution < 1.29 is 14.3 Å². The maximum Gasteiger partial charge on any atom is 0.232 e. The Morgan fingerprint density at radius 2 is 1.78 bits per heavy atom. The van der Waals surface area contributed by atoms with E-state index in [0.717, 1.165) is 11.3 Å². The van der Waals surface area contributed by atoms with E-state index in [0.29, 0.717) is 32.1 Å². The van der Waals surface area contributed by atoms with Gasteiger partial charge in [0.15, 0.2) is 11.5 Å². The molecule has 0 aromatic heterocycles. The summed E-state index contributed by atoms with van der Waals surface area (Å²) >= 11 is 0. The van der Waals surface area contributed by atoms with E-state index in [2.05, 4.69) is 13.8 Å². The fourth-order valence-electron chi connectivity index (χ4n) is 2.81. The zero-order valence-electron chi connectivity index (χ0n) is 14.8. The van der Waals surface area contributed by atoms with Crippen LogP contribution in [-0.2, 0) is 10.2 Å². The Balaban J connectivity index is 2.21. The largest absolute Gasteiger partial charge is 0.486 e. The van der Waals surface area contributed by atoms with Crippen LogP contribution in [0.3, 0.4) is 0 Å². The molecule has 128 valence electrons. The molecule has 0 spiro atoms. The Labute approximate surface area is 138 Å². The van der Waals surface area contributed by atoms with E-state index in [1.54, 1.807) is 4.90 Å². The van der Waals surface area contributed by atoms with Crippen molar-refractivity contribution in [3.8, 4) is 11.5 Å². The van der Waals surface area contributed by atoms with E-state index in [9.17, 15) is 4.79 Å². The van der Waals surface area contributed by atoms with Gasteiger partial charge in [-0.25, -0.2) is 0 Å². The first-order valence-electron chi connectivity index (χ1n) is 8.03.